The number of nitrogens with one attached hydrogen (secondary N) is 1. The molecule has 108 valence electrons. The number of hydrogen-bond donors (Lipinski definition) is 2. The van der Waals surface area contributed by atoms with Crippen LogP contribution in [0.4, 0.5) is 18.9 Å². The van der Waals surface area contributed by atoms with Crippen LogP contribution in [0.5, 0.6) is 5.75 Å². The van der Waals surface area contributed by atoms with E-state index in [1.54, 1.807) is 6.92 Å². The highest BCUT2D eigenvalue weighted by Gasteiger charge is 2.31. The number of aliphatic imine (C=N–C) groups is 1. The molecule has 1 rings (SSSR count). The second kappa shape index (κ2) is 6.74. The third-order valence-corrected chi connectivity index (χ3v) is 2.24. The quantitative estimate of drug-likeness (QED) is 0.658. The van der Waals surface area contributed by atoms with Crippen molar-refractivity contribution in [2.24, 2.45) is 4.99 Å². The molecule has 0 saturated heterocycles. The van der Waals surface area contributed by atoms with Gasteiger partial charge in [0.2, 0.25) is 5.91 Å². The second-order valence-electron chi connectivity index (χ2n) is 3.77. The number of phenolic OH excluding ortho intramolecular Hbond substituents is 1. The fourth-order valence-corrected chi connectivity index (χ4v) is 1.32. The number of hydrogen-bond acceptors (Lipinski definition) is 3. The van der Waals surface area contributed by atoms with E-state index in [9.17, 15) is 23.1 Å². The van der Waals surface area contributed by atoms with E-state index in [1.807, 2.05) is 0 Å². The van der Waals surface area contributed by atoms with Crippen LogP contribution in [-0.4, -0.2) is 17.2 Å². The predicted molar refractivity (Wildman–Crippen MR) is 69.7 cm³/mol. The number of amides is 1. The monoisotopic (exact) mass is 286 g/mol. The summed E-state index contributed by atoms with van der Waals surface area (Å²) >= 11 is 0. The third kappa shape index (κ3) is 4.75. The lowest BCUT2D eigenvalue weighted by Gasteiger charge is -2.11. The standard InChI is InChI=1S/C13H13F3N2O2/c1-2-17-7-3-4-12(20)18-10-8-9(13(14,15)16)5-6-11(10)19/h2-3,5-8,19H,4H2,1H3,(H,18,20)/b7-3-,17-2-. The van der Waals surface area contributed by atoms with Crippen molar-refractivity contribution < 1.29 is 23.1 Å². The maximum Gasteiger partial charge on any atom is 0.416 e. The molecule has 2 N–H and O–H groups in total. The van der Waals surface area contributed by atoms with Crippen LogP contribution in [0.25, 0.3) is 0 Å². The molecule has 0 heterocycles. The van der Waals surface area contributed by atoms with E-state index in [-0.39, 0.29) is 12.1 Å². The Bertz CT molecular complexity index is 537. The molecule has 7 heteroatoms. The molecular formula is C13H13F3N2O2. The highest BCUT2D eigenvalue weighted by atomic mass is 19.4. The lowest BCUT2D eigenvalue weighted by atomic mass is 10.1. The average Bonchev–Trinajstić information content (AvgIpc) is 2.36. The second-order valence-corrected chi connectivity index (χ2v) is 3.77. The van der Waals surface area contributed by atoms with Crippen LogP contribution in [0.1, 0.15) is 18.9 Å². The van der Waals surface area contributed by atoms with E-state index in [4.69, 9.17) is 0 Å². The van der Waals surface area contributed by atoms with E-state index in [0.717, 1.165) is 12.1 Å². The number of benzene rings is 1. The summed E-state index contributed by atoms with van der Waals surface area (Å²) in [5, 5.41) is 11.6. The van der Waals surface area contributed by atoms with Crippen molar-refractivity contribution in [3.05, 3.63) is 36.0 Å². The van der Waals surface area contributed by atoms with Crippen LogP contribution in [-0.2, 0) is 11.0 Å². The minimum absolute atomic E-state index is 0.0625. The first-order chi connectivity index (χ1) is 9.34. The molecule has 1 aromatic rings. The number of alkyl halides is 3. The van der Waals surface area contributed by atoms with Crippen LogP contribution in [0.2, 0.25) is 0 Å². The first-order valence-corrected chi connectivity index (χ1v) is 5.67. The molecule has 0 aliphatic heterocycles. The number of phenols is 1. The van der Waals surface area contributed by atoms with Crippen LogP contribution in [0.3, 0.4) is 0 Å². The van der Waals surface area contributed by atoms with Gasteiger partial charge < -0.3 is 10.4 Å². The van der Waals surface area contributed by atoms with E-state index < -0.39 is 23.4 Å². The highest BCUT2D eigenvalue weighted by molar-refractivity contribution is 5.93. The third-order valence-electron chi connectivity index (χ3n) is 2.24. The Kier molecular flexibility index (Phi) is 5.31. The van der Waals surface area contributed by atoms with Gasteiger partial charge in [0.05, 0.1) is 11.3 Å². The highest BCUT2D eigenvalue weighted by Crippen LogP contribution is 2.34. The lowest BCUT2D eigenvalue weighted by molar-refractivity contribution is -0.137. The Balaban J connectivity index is 2.79. The molecule has 1 amide bonds. The number of carbonyl (C=O) groups is 1. The molecule has 0 bridgehead atoms. The SMILES string of the molecule is C/C=N\C=C/CC(=O)Nc1cc(C(F)(F)F)ccc1O. The summed E-state index contributed by atoms with van der Waals surface area (Å²) in [7, 11) is 0. The van der Waals surface area contributed by atoms with Gasteiger partial charge in [0.1, 0.15) is 5.75 Å². The van der Waals surface area contributed by atoms with Crippen molar-refractivity contribution >= 4 is 17.8 Å². The molecule has 0 radical (unpaired) electrons. The minimum atomic E-state index is -4.54. The average molecular weight is 286 g/mol. The Morgan fingerprint density at radius 1 is 1.45 bits per heavy atom. The summed E-state index contributed by atoms with van der Waals surface area (Å²) in [5.41, 5.74) is -1.23. The molecule has 0 fully saturated rings. The van der Waals surface area contributed by atoms with Crippen molar-refractivity contribution in [3.63, 3.8) is 0 Å². The zero-order chi connectivity index (χ0) is 15.2. The van der Waals surface area contributed by atoms with E-state index in [2.05, 4.69) is 10.3 Å². The Morgan fingerprint density at radius 2 is 2.15 bits per heavy atom. The Hall–Kier alpha value is -2.31. The van der Waals surface area contributed by atoms with Gasteiger partial charge in [0, 0.05) is 18.8 Å². The van der Waals surface area contributed by atoms with Gasteiger partial charge in [0.15, 0.2) is 0 Å². The summed E-state index contributed by atoms with van der Waals surface area (Å²) in [4.78, 5) is 15.2. The zero-order valence-corrected chi connectivity index (χ0v) is 10.6. The lowest BCUT2D eigenvalue weighted by Crippen LogP contribution is -2.12. The maximum atomic E-state index is 12.5. The topological polar surface area (TPSA) is 61.7 Å². The zero-order valence-electron chi connectivity index (χ0n) is 10.6. The van der Waals surface area contributed by atoms with Gasteiger partial charge in [-0.3, -0.25) is 9.79 Å². The van der Waals surface area contributed by atoms with Crippen molar-refractivity contribution in [2.75, 3.05) is 5.32 Å². The number of rotatable bonds is 4. The number of aromatic hydroxyl groups is 1. The van der Waals surface area contributed by atoms with E-state index >= 15 is 0 Å². The molecule has 4 nitrogen and oxygen atoms in total. The predicted octanol–water partition coefficient (Wildman–Crippen LogP) is 3.34. The van der Waals surface area contributed by atoms with Crippen molar-refractivity contribution in [2.45, 2.75) is 19.5 Å². The van der Waals surface area contributed by atoms with Gasteiger partial charge in [-0.15, -0.1) is 0 Å². The summed E-state index contributed by atoms with van der Waals surface area (Å²) in [6, 6.07) is 2.30. The molecule has 0 aliphatic rings. The first-order valence-electron chi connectivity index (χ1n) is 5.67. The van der Waals surface area contributed by atoms with Gasteiger partial charge in [-0.1, -0.05) is 6.08 Å². The summed E-state index contributed by atoms with van der Waals surface area (Å²) < 4.78 is 37.5. The van der Waals surface area contributed by atoms with E-state index in [0.29, 0.717) is 6.07 Å². The molecule has 0 aliphatic carbocycles. The largest absolute Gasteiger partial charge is 0.506 e. The summed E-state index contributed by atoms with van der Waals surface area (Å²) in [6.45, 7) is 1.70. The van der Waals surface area contributed by atoms with Gasteiger partial charge >= 0.3 is 6.18 Å². The normalized spacial score (nSPS) is 12.2. The molecule has 0 atom stereocenters. The number of nitrogens with zero attached hydrogens (tertiary/aromatic N) is 1. The first kappa shape index (κ1) is 15.7. The Labute approximate surface area is 113 Å². The van der Waals surface area contributed by atoms with Gasteiger partial charge in [0.25, 0.3) is 0 Å². The molecular weight excluding hydrogens is 273 g/mol. The van der Waals surface area contributed by atoms with E-state index in [1.165, 1.54) is 18.5 Å². The number of carbonyl (C=O) groups excluding carboxylic acids is 1. The van der Waals surface area contributed by atoms with Crippen LogP contribution in [0, 0.1) is 0 Å². The smallest absolute Gasteiger partial charge is 0.416 e. The number of halogens is 3. The van der Waals surface area contributed by atoms with Gasteiger partial charge in [-0.2, -0.15) is 13.2 Å². The van der Waals surface area contributed by atoms with Gasteiger partial charge in [-0.25, -0.2) is 0 Å². The Morgan fingerprint density at radius 3 is 2.75 bits per heavy atom. The summed E-state index contributed by atoms with van der Waals surface area (Å²) in [5.74, 6) is -0.982. The molecule has 20 heavy (non-hydrogen) atoms. The van der Waals surface area contributed by atoms with Crippen molar-refractivity contribution in [1.29, 1.82) is 0 Å². The molecule has 0 unspecified atom stereocenters. The molecule has 0 aromatic heterocycles. The van der Waals surface area contributed by atoms with Crippen LogP contribution in [0.15, 0.2) is 35.5 Å². The fraction of sp³-hybridized carbons (Fsp3) is 0.231. The van der Waals surface area contributed by atoms with Crippen molar-refractivity contribution in [1.82, 2.24) is 0 Å². The fourth-order valence-electron chi connectivity index (χ4n) is 1.32. The van der Waals surface area contributed by atoms with Gasteiger partial charge in [-0.05, 0) is 25.1 Å². The maximum absolute atomic E-state index is 12.5. The van der Waals surface area contributed by atoms with Crippen LogP contribution < -0.4 is 5.32 Å². The van der Waals surface area contributed by atoms with Crippen LogP contribution >= 0.6 is 0 Å². The minimum Gasteiger partial charge on any atom is -0.506 e. The summed E-state index contributed by atoms with van der Waals surface area (Å²) in [6.07, 6.45) is -0.242. The van der Waals surface area contributed by atoms with Crippen molar-refractivity contribution in [3.8, 4) is 5.75 Å². The molecule has 0 spiro atoms. The number of anilines is 1. The molecule has 0 saturated carbocycles. The molecule has 1 aromatic carbocycles.